The maximum atomic E-state index is 13.4. The summed E-state index contributed by atoms with van der Waals surface area (Å²) >= 11 is 0. The molecule has 0 saturated carbocycles. The van der Waals surface area contributed by atoms with Crippen molar-refractivity contribution in [3.05, 3.63) is 83.7 Å². The van der Waals surface area contributed by atoms with Gasteiger partial charge in [0.1, 0.15) is 11.6 Å². The smallest absolute Gasteiger partial charge is 0.261 e. The molecule has 38 heavy (non-hydrogen) atoms. The van der Waals surface area contributed by atoms with Crippen molar-refractivity contribution in [2.75, 3.05) is 30.0 Å². The molecule has 0 unspecified atom stereocenters. The van der Waals surface area contributed by atoms with Crippen LogP contribution in [0.1, 0.15) is 34.8 Å². The van der Waals surface area contributed by atoms with Gasteiger partial charge < -0.3 is 14.5 Å². The molecule has 0 aliphatic carbocycles. The lowest BCUT2D eigenvalue weighted by Gasteiger charge is -2.22. The maximum absolute atomic E-state index is 13.4. The van der Waals surface area contributed by atoms with Crippen LogP contribution in [-0.2, 0) is 17.6 Å². The van der Waals surface area contributed by atoms with E-state index in [0.717, 1.165) is 33.3 Å². The molecule has 2 amide bonds. The number of hydrogen-bond acceptors (Lipinski definition) is 7. The van der Waals surface area contributed by atoms with Gasteiger partial charge in [0.25, 0.3) is 5.91 Å². The second kappa shape index (κ2) is 10.9. The van der Waals surface area contributed by atoms with Crippen molar-refractivity contribution in [1.82, 2.24) is 15.4 Å². The monoisotopic (exact) mass is 510 g/mol. The summed E-state index contributed by atoms with van der Waals surface area (Å²) in [5.74, 6) is 6.99. The highest BCUT2D eigenvalue weighted by Crippen LogP contribution is 2.37. The Bertz CT molecular complexity index is 1510. The van der Waals surface area contributed by atoms with Gasteiger partial charge in [0.05, 0.1) is 17.9 Å². The second-order valence-electron chi connectivity index (χ2n) is 9.10. The highest BCUT2D eigenvalue weighted by Gasteiger charge is 2.30. The molecular weight excluding hydrogens is 480 g/mol. The fourth-order valence-electron chi connectivity index (χ4n) is 4.85. The highest BCUT2D eigenvalue weighted by molar-refractivity contribution is 6.12. The van der Waals surface area contributed by atoms with E-state index >= 15 is 0 Å². The van der Waals surface area contributed by atoms with Crippen LogP contribution in [0.2, 0.25) is 0 Å². The van der Waals surface area contributed by atoms with Crippen LogP contribution in [0.25, 0.3) is 10.8 Å². The summed E-state index contributed by atoms with van der Waals surface area (Å²) in [5.41, 5.74) is 5.44. The zero-order chi connectivity index (χ0) is 26.6. The lowest BCUT2D eigenvalue weighted by Crippen LogP contribution is -2.30. The summed E-state index contributed by atoms with van der Waals surface area (Å²) in [7, 11) is 1.76. The molecule has 0 atom stereocenters. The molecule has 1 aliphatic heterocycles. The normalized spacial score (nSPS) is 12.7. The van der Waals surface area contributed by atoms with Crippen LogP contribution in [0.5, 0.6) is 5.75 Å². The average Bonchev–Trinajstić information content (AvgIpc) is 3.04. The fraction of sp³-hybridized carbons (Fsp3) is 0.241. The Morgan fingerprint density at radius 1 is 1.03 bits per heavy atom. The van der Waals surface area contributed by atoms with E-state index in [4.69, 9.17) is 10.6 Å². The minimum atomic E-state index is -0.198. The van der Waals surface area contributed by atoms with Crippen molar-refractivity contribution in [3.8, 4) is 5.75 Å². The van der Waals surface area contributed by atoms with Gasteiger partial charge in [-0.2, -0.15) is 0 Å². The molecule has 4 aromatic rings. The number of fused-ring (bicyclic) bond motifs is 3. The van der Waals surface area contributed by atoms with Crippen molar-refractivity contribution >= 4 is 39.9 Å². The van der Waals surface area contributed by atoms with Crippen molar-refractivity contribution < 1.29 is 14.3 Å². The Morgan fingerprint density at radius 2 is 1.84 bits per heavy atom. The third kappa shape index (κ3) is 4.76. The predicted molar refractivity (Wildman–Crippen MR) is 148 cm³/mol. The number of ether oxygens (including phenoxy) is 1. The molecule has 5 rings (SSSR count). The molecule has 2 aromatic carbocycles. The van der Waals surface area contributed by atoms with Crippen LogP contribution in [-0.4, -0.2) is 42.0 Å². The standard InChI is InChI=1S/C29H30N6O3/c1-3-35-27-23(29(37)34(2)24-10-6-15-31-28(24)35)17-19(18-32-27)14-16-38-25-11-5-8-21-20(7-4-9-22(21)25)12-13-26(36)33-30/h4-11,15,17-18H,3,12-14,16,30H2,1-2H3,(H,33,36). The maximum Gasteiger partial charge on any atom is 0.261 e. The molecule has 0 saturated heterocycles. The Labute approximate surface area is 221 Å². The molecule has 3 heterocycles. The highest BCUT2D eigenvalue weighted by atomic mass is 16.5. The third-order valence-corrected chi connectivity index (χ3v) is 6.82. The zero-order valence-corrected chi connectivity index (χ0v) is 21.5. The number of nitrogens with two attached hydrogens (primary N) is 1. The molecule has 3 N–H and O–H groups in total. The van der Waals surface area contributed by atoms with E-state index in [1.165, 1.54) is 0 Å². The summed E-state index contributed by atoms with van der Waals surface area (Å²) < 4.78 is 6.19. The number of pyridine rings is 2. The summed E-state index contributed by atoms with van der Waals surface area (Å²) in [6, 6.07) is 17.5. The Morgan fingerprint density at radius 3 is 2.66 bits per heavy atom. The number of benzene rings is 2. The first kappa shape index (κ1) is 25.2. The van der Waals surface area contributed by atoms with Crippen LogP contribution in [0, 0.1) is 0 Å². The molecular formula is C29H30N6O3. The number of aryl methyl sites for hydroxylation is 1. The van der Waals surface area contributed by atoms with Gasteiger partial charge in [0.2, 0.25) is 5.91 Å². The topological polar surface area (TPSA) is 114 Å². The van der Waals surface area contributed by atoms with Crippen molar-refractivity contribution in [2.45, 2.75) is 26.2 Å². The first-order valence-corrected chi connectivity index (χ1v) is 12.6. The molecule has 9 heteroatoms. The van der Waals surface area contributed by atoms with E-state index in [-0.39, 0.29) is 11.8 Å². The van der Waals surface area contributed by atoms with E-state index in [9.17, 15) is 9.59 Å². The molecule has 0 fully saturated rings. The van der Waals surface area contributed by atoms with Crippen LogP contribution in [0.3, 0.4) is 0 Å². The molecule has 0 bridgehead atoms. The lowest BCUT2D eigenvalue weighted by atomic mass is 10.00. The van der Waals surface area contributed by atoms with Gasteiger partial charge in [0, 0.05) is 44.2 Å². The second-order valence-corrected chi connectivity index (χ2v) is 9.10. The number of carbonyl (C=O) groups is 2. The van der Waals surface area contributed by atoms with Crippen molar-refractivity contribution in [1.29, 1.82) is 0 Å². The van der Waals surface area contributed by atoms with E-state index < -0.39 is 0 Å². The molecule has 0 radical (unpaired) electrons. The van der Waals surface area contributed by atoms with Crippen LogP contribution in [0.15, 0.2) is 67.0 Å². The SMILES string of the molecule is CCN1c2ncc(CCOc3cccc4c(CCC(=O)NN)cccc34)cc2C(=O)N(C)c2cccnc21. The van der Waals surface area contributed by atoms with Crippen LogP contribution in [0.4, 0.5) is 17.3 Å². The van der Waals surface area contributed by atoms with Gasteiger partial charge in [-0.15, -0.1) is 0 Å². The van der Waals surface area contributed by atoms with E-state index in [2.05, 4.69) is 15.4 Å². The summed E-state index contributed by atoms with van der Waals surface area (Å²) in [6.45, 7) is 3.07. The van der Waals surface area contributed by atoms with Crippen LogP contribution < -0.4 is 25.8 Å². The first-order chi connectivity index (χ1) is 18.5. The van der Waals surface area contributed by atoms with Gasteiger partial charge in [-0.3, -0.25) is 15.0 Å². The number of hydrazine groups is 1. The Balaban J connectivity index is 1.35. The van der Waals surface area contributed by atoms with E-state index in [1.807, 2.05) is 66.4 Å². The minimum absolute atomic E-state index is 0.120. The number of anilines is 3. The summed E-state index contributed by atoms with van der Waals surface area (Å²) in [5, 5.41) is 2.03. The zero-order valence-electron chi connectivity index (χ0n) is 21.5. The lowest BCUT2D eigenvalue weighted by molar-refractivity contribution is -0.121. The number of nitrogens with zero attached hydrogens (tertiary/aromatic N) is 4. The van der Waals surface area contributed by atoms with Crippen molar-refractivity contribution in [2.24, 2.45) is 5.84 Å². The predicted octanol–water partition coefficient (Wildman–Crippen LogP) is 3.92. The summed E-state index contributed by atoms with van der Waals surface area (Å²) in [4.78, 5) is 37.8. The van der Waals surface area contributed by atoms with Crippen molar-refractivity contribution in [3.63, 3.8) is 0 Å². The van der Waals surface area contributed by atoms with E-state index in [0.29, 0.717) is 49.6 Å². The number of amides is 2. The fourth-order valence-corrected chi connectivity index (χ4v) is 4.85. The first-order valence-electron chi connectivity index (χ1n) is 12.6. The number of rotatable bonds is 8. The third-order valence-electron chi connectivity index (χ3n) is 6.82. The molecule has 9 nitrogen and oxygen atoms in total. The number of nitrogens with one attached hydrogen (secondary N) is 1. The van der Waals surface area contributed by atoms with Gasteiger partial charge in [-0.05, 0) is 54.1 Å². The van der Waals surface area contributed by atoms with Gasteiger partial charge in [-0.1, -0.05) is 30.3 Å². The Hall–Kier alpha value is -4.50. The number of hydrogen-bond donors (Lipinski definition) is 2. The molecule has 2 aromatic heterocycles. The minimum Gasteiger partial charge on any atom is -0.493 e. The molecule has 0 spiro atoms. The van der Waals surface area contributed by atoms with E-state index in [1.54, 1.807) is 24.3 Å². The number of aromatic nitrogens is 2. The van der Waals surface area contributed by atoms with Crippen LogP contribution >= 0.6 is 0 Å². The molecule has 194 valence electrons. The Kier molecular flexibility index (Phi) is 7.19. The molecule has 1 aliphatic rings. The van der Waals surface area contributed by atoms with Gasteiger partial charge >= 0.3 is 0 Å². The average molecular weight is 511 g/mol. The van der Waals surface area contributed by atoms with Gasteiger partial charge in [-0.25, -0.2) is 15.8 Å². The van der Waals surface area contributed by atoms with Gasteiger partial charge in [0.15, 0.2) is 5.82 Å². The number of carbonyl (C=O) groups excluding carboxylic acids is 2. The summed E-state index contributed by atoms with van der Waals surface area (Å²) in [6.07, 6.45) is 5.01. The quantitative estimate of drug-likeness (QED) is 0.210. The largest absolute Gasteiger partial charge is 0.493 e.